The van der Waals surface area contributed by atoms with Gasteiger partial charge in [-0.1, -0.05) is 36.4 Å². The molecule has 0 bridgehead atoms. The first-order valence-corrected chi connectivity index (χ1v) is 7.70. The summed E-state index contributed by atoms with van der Waals surface area (Å²) in [5.41, 5.74) is 1.76. The van der Waals surface area contributed by atoms with Gasteiger partial charge in [0.05, 0.1) is 12.2 Å². The van der Waals surface area contributed by atoms with Crippen molar-refractivity contribution in [2.75, 3.05) is 6.61 Å². The molecule has 1 aliphatic heterocycles. The summed E-state index contributed by atoms with van der Waals surface area (Å²) in [5, 5.41) is 2.42. The fraction of sp³-hybridized carbons (Fsp3) is 0.150. The summed E-state index contributed by atoms with van der Waals surface area (Å²) in [4.78, 5) is 11.8. The fourth-order valence-electron chi connectivity index (χ4n) is 2.83. The highest BCUT2D eigenvalue weighted by Crippen LogP contribution is 2.29. The minimum Gasteiger partial charge on any atom is -0.492 e. The van der Waals surface area contributed by atoms with E-state index in [9.17, 15) is 4.79 Å². The first kappa shape index (κ1) is 13.8. The molecule has 3 nitrogen and oxygen atoms in total. The lowest BCUT2D eigenvalue weighted by Gasteiger charge is -2.17. The van der Waals surface area contributed by atoms with Crippen LogP contribution in [0.5, 0.6) is 11.5 Å². The number of fused-ring (bicyclic) bond motifs is 2. The maximum atomic E-state index is 11.8. The van der Waals surface area contributed by atoms with Gasteiger partial charge in [0.25, 0.3) is 0 Å². The average molecular weight is 304 g/mol. The monoisotopic (exact) mass is 304 g/mol. The van der Waals surface area contributed by atoms with Crippen molar-refractivity contribution in [3.63, 3.8) is 0 Å². The minimum absolute atomic E-state index is 0.132. The van der Waals surface area contributed by atoms with Crippen molar-refractivity contribution in [3.8, 4) is 11.5 Å². The first-order chi connectivity index (χ1) is 11.3. The zero-order valence-electron chi connectivity index (χ0n) is 12.6. The summed E-state index contributed by atoms with van der Waals surface area (Å²) in [6.07, 6.45) is 0.449. The predicted molar refractivity (Wildman–Crippen MR) is 89.2 cm³/mol. The standard InChI is InChI=1S/C20H16O3/c21-19-9-10-22-20-12-17(7-8-18(19)20)23-13-14-5-6-15-3-1-2-4-16(15)11-14/h1-8,11-12H,9-10,13H2. The third-order valence-corrected chi connectivity index (χ3v) is 4.06. The molecule has 3 aromatic rings. The number of hydrogen-bond donors (Lipinski definition) is 0. The molecule has 1 heterocycles. The number of ether oxygens (including phenoxy) is 2. The molecule has 0 saturated carbocycles. The van der Waals surface area contributed by atoms with Gasteiger partial charge in [-0.25, -0.2) is 0 Å². The van der Waals surface area contributed by atoms with Crippen LogP contribution in [0.3, 0.4) is 0 Å². The largest absolute Gasteiger partial charge is 0.492 e. The highest BCUT2D eigenvalue weighted by Gasteiger charge is 2.18. The molecular formula is C20H16O3. The second-order valence-corrected chi connectivity index (χ2v) is 5.65. The SMILES string of the molecule is O=C1CCOc2cc(OCc3ccc4ccccc4c3)ccc21. The molecule has 4 rings (SSSR count). The number of ketones is 1. The molecule has 0 unspecified atom stereocenters. The molecule has 0 fully saturated rings. The van der Waals surface area contributed by atoms with Gasteiger partial charge in [0.1, 0.15) is 18.1 Å². The lowest BCUT2D eigenvalue weighted by atomic mass is 10.1. The van der Waals surface area contributed by atoms with Crippen LogP contribution in [0, 0.1) is 0 Å². The van der Waals surface area contributed by atoms with Crippen molar-refractivity contribution in [1.29, 1.82) is 0 Å². The highest BCUT2D eigenvalue weighted by atomic mass is 16.5. The number of benzene rings is 3. The van der Waals surface area contributed by atoms with E-state index in [0.717, 1.165) is 5.56 Å². The Morgan fingerprint density at radius 2 is 1.83 bits per heavy atom. The second kappa shape index (κ2) is 5.76. The van der Waals surface area contributed by atoms with Crippen LogP contribution >= 0.6 is 0 Å². The fourth-order valence-corrected chi connectivity index (χ4v) is 2.83. The van der Waals surface area contributed by atoms with Crippen LogP contribution in [0.2, 0.25) is 0 Å². The molecule has 3 heteroatoms. The Balaban J connectivity index is 1.53. The molecule has 23 heavy (non-hydrogen) atoms. The third kappa shape index (κ3) is 2.78. The zero-order valence-corrected chi connectivity index (χ0v) is 12.6. The Labute approximate surface area is 134 Å². The topological polar surface area (TPSA) is 35.5 Å². The molecule has 1 aliphatic rings. The van der Waals surface area contributed by atoms with Gasteiger partial charge >= 0.3 is 0 Å². The first-order valence-electron chi connectivity index (χ1n) is 7.70. The zero-order chi connectivity index (χ0) is 15.6. The maximum Gasteiger partial charge on any atom is 0.169 e. The molecule has 0 radical (unpaired) electrons. The number of Topliss-reactive ketones (excluding diaryl/α,β-unsaturated/α-hetero) is 1. The van der Waals surface area contributed by atoms with E-state index in [1.54, 1.807) is 12.1 Å². The molecule has 0 N–H and O–H groups in total. The number of rotatable bonds is 3. The van der Waals surface area contributed by atoms with Crippen molar-refractivity contribution in [2.24, 2.45) is 0 Å². The molecule has 0 amide bonds. The molecular weight excluding hydrogens is 288 g/mol. The predicted octanol–water partition coefficient (Wildman–Crippen LogP) is 4.38. The van der Waals surface area contributed by atoms with Crippen LogP contribution in [0.4, 0.5) is 0 Å². The van der Waals surface area contributed by atoms with Gasteiger partial charge in [0.2, 0.25) is 0 Å². The lowest BCUT2D eigenvalue weighted by molar-refractivity contribution is 0.0933. The van der Waals surface area contributed by atoms with Crippen LogP contribution in [0.25, 0.3) is 10.8 Å². The van der Waals surface area contributed by atoms with E-state index >= 15 is 0 Å². The van der Waals surface area contributed by atoms with Crippen molar-refractivity contribution >= 4 is 16.6 Å². The van der Waals surface area contributed by atoms with Gasteiger partial charge in [0, 0.05) is 12.5 Å². The van der Waals surface area contributed by atoms with E-state index in [-0.39, 0.29) is 5.78 Å². The second-order valence-electron chi connectivity index (χ2n) is 5.65. The van der Waals surface area contributed by atoms with Gasteiger partial charge in [-0.05, 0) is 34.5 Å². The summed E-state index contributed by atoms with van der Waals surface area (Å²) < 4.78 is 11.4. The summed E-state index contributed by atoms with van der Waals surface area (Å²) in [6.45, 7) is 0.928. The van der Waals surface area contributed by atoms with E-state index in [0.29, 0.717) is 36.7 Å². The number of hydrogen-bond acceptors (Lipinski definition) is 3. The van der Waals surface area contributed by atoms with Gasteiger partial charge in [-0.2, -0.15) is 0 Å². The third-order valence-electron chi connectivity index (χ3n) is 4.06. The highest BCUT2D eigenvalue weighted by molar-refractivity contribution is 5.99. The van der Waals surface area contributed by atoms with E-state index in [2.05, 4.69) is 30.3 Å². The molecule has 0 atom stereocenters. The Morgan fingerprint density at radius 3 is 2.74 bits per heavy atom. The van der Waals surface area contributed by atoms with Crippen molar-refractivity contribution in [2.45, 2.75) is 13.0 Å². The number of carbonyl (C=O) groups is 1. The van der Waals surface area contributed by atoms with Crippen molar-refractivity contribution in [3.05, 3.63) is 71.8 Å². The van der Waals surface area contributed by atoms with Gasteiger partial charge in [0.15, 0.2) is 5.78 Å². The Morgan fingerprint density at radius 1 is 0.957 bits per heavy atom. The van der Waals surface area contributed by atoms with Gasteiger partial charge in [-0.3, -0.25) is 4.79 Å². The average Bonchev–Trinajstić information content (AvgIpc) is 2.60. The molecule has 0 spiro atoms. The molecule has 0 aromatic heterocycles. The Hall–Kier alpha value is -2.81. The van der Waals surface area contributed by atoms with E-state index < -0.39 is 0 Å². The summed E-state index contributed by atoms with van der Waals surface area (Å²) in [5.74, 6) is 1.47. The van der Waals surface area contributed by atoms with Gasteiger partial charge in [-0.15, -0.1) is 0 Å². The lowest BCUT2D eigenvalue weighted by Crippen LogP contribution is -2.15. The normalized spacial score (nSPS) is 13.5. The quantitative estimate of drug-likeness (QED) is 0.720. The van der Waals surface area contributed by atoms with E-state index in [1.165, 1.54) is 10.8 Å². The van der Waals surface area contributed by atoms with E-state index in [1.807, 2.05) is 18.2 Å². The van der Waals surface area contributed by atoms with Crippen molar-refractivity contribution in [1.82, 2.24) is 0 Å². The summed E-state index contributed by atoms with van der Waals surface area (Å²) >= 11 is 0. The Bertz CT molecular complexity index is 883. The molecule has 0 saturated heterocycles. The molecule has 0 aliphatic carbocycles. The van der Waals surface area contributed by atoms with Crippen LogP contribution in [-0.2, 0) is 6.61 Å². The summed E-state index contributed by atoms with van der Waals surface area (Å²) in [6, 6.07) is 20.0. The smallest absolute Gasteiger partial charge is 0.169 e. The van der Waals surface area contributed by atoms with Crippen LogP contribution in [0.15, 0.2) is 60.7 Å². The maximum absolute atomic E-state index is 11.8. The van der Waals surface area contributed by atoms with Crippen LogP contribution in [-0.4, -0.2) is 12.4 Å². The summed E-state index contributed by atoms with van der Waals surface area (Å²) in [7, 11) is 0. The van der Waals surface area contributed by atoms with Crippen LogP contribution in [0.1, 0.15) is 22.3 Å². The minimum atomic E-state index is 0.132. The number of carbonyl (C=O) groups excluding carboxylic acids is 1. The van der Waals surface area contributed by atoms with Crippen LogP contribution < -0.4 is 9.47 Å². The molecule has 114 valence electrons. The molecule has 3 aromatic carbocycles. The van der Waals surface area contributed by atoms with Crippen molar-refractivity contribution < 1.29 is 14.3 Å². The van der Waals surface area contributed by atoms with E-state index in [4.69, 9.17) is 9.47 Å². The van der Waals surface area contributed by atoms with Gasteiger partial charge < -0.3 is 9.47 Å². The Kier molecular flexibility index (Phi) is 3.46.